The molecule has 1 heterocycles. The molecule has 4 aromatic rings. The van der Waals surface area contributed by atoms with Crippen LogP contribution in [0.2, 0.25) is 0 Å². The van der Waals surface area contributed by atoms with Gasteiger partial charge in [-0.25, -0.2) is 4.98 Å². The fourth-order valence-electron chi connectivity index (χ4n) is 2.67. The Labute approximate surface area is 154 Å². The van der Waals surface area contributed by atoms with E-state index in [4.69, 9.17) is 0 Å². The third kappa shape index (κ3) is 3.30. The van der Waals surface area contributed by atoms with Crippen molar-refractivity contribution in [2.45, 2.75) is 6.92 Å². The standard InChI is InChI=1S/C21H16N2O2S/c1-13-2-11-18-19(12-13)26-21(23-18)15-3-7-16(8-4-15)22-20(25)14-5-9-17(24)10-6-14/h2-12,24H,1H3,(H,22,25). The molecule has 4 nitrogen and oxygen atoms in total. The van der Waals surface area contributed by atoms with Gasteiger partial charge in [0, 0.05) is 16.8 Å². The first-order valence-corrected chi connectivity index (χ1v) is 8.98. The first-order chi connectivity index (χ1) is 12.6. The van der Waals surface area contributed by atoms with E-state index < -0.39 is 0 Å². The molecular weight excluding hydrogens is 344 g/mol. The molecule has 0 radical (unpaired) electrons. The van der Waals surface area contributed by atoms with Crippen LogP contribution in [0.15, 0.2) is 66.7 Å². The fourth-order valence-corrected chi connectivity index (χ4v) is 3.74. The Morgan fingerprint density at radius 1 is 1.00 bits per heavy atom. The molecule has 0 aliphatic heterocycles. The van der Waals surface area contributed by atoms with Crippen molar-refractivity contribution in [1.29, 1.82) is 0 Å². The predicted molar refractivity (Wildman–Crippen MR) is 106 cm³/mol. The Balaban J connectivity index is 1.54. The summed E-state index contributed by atoms with van der Waals surface area (Å²) < 4.78 is 1.17. The molecule has 1 aromatic heterocycles. The number of aromatic nitrogens is 1. The molecule has 5 heteroatoms. The highest BCUT2D eigenvalue weighted by Gasteiger charge is 2.09. The Morgan fingerprint density at radius 2 is 1.73 bits per heavy atom. The van der Waals surface area contributed by atoms with Gasteiger partial charge in [-0.2, -0.15) is 0 Å². The highest BCUT2D eigenvalue weighted by molar-refractivity contribution is 7.21. The van der Waals surface area contributed by atoms with Gasteiger partial charge in [-0.1, -0.05) is 6.07 Å². The van der Waals surface area contributed by atoms with Crippen LogP contribution in [-0.2, 0) is 0 Å². The molecule has 0 unspecified atom stereocenters. The molecule has 0 saturated carbocycles. The van der Waals surface area contributed by atoms with Gasteiger partial charge in [-0.05, 0) is 73.2 Å². The summed E-state index contributed by atoms with van der Waals surface area (Å²) >= 11 is 1.66. The zero-order valence-corrected chi connectivity index (χ0v) is 14.9. The van der Waals surface area contributed by atoms with Crippen LogP contribution >= 0.6 is 11.3 Å². The number of thiazole rings is 1. The smallest absolute Gasteiger partial charge is 0.255 e. The molecule has 0 aliphatic rings. The van der Waals surface area contributed by atoms with Crippen molar-refractivity contribution >= 4 is 33.1 Å². The van der Waals surface area contributed by atoms with E-state index >= 15 is 0 Å². The molecule has 0 saturated heterocycles. The molecule has 0 aliphatic carbocycles. The summed E-state index contributed by atoms with van der Waals surface area (Å²) in [7, 11) is 0. The van der Waals surface area contributed by atoms with Gasteiger partial charge in [-0.3, -0.25) is 4.79 Å². The van der Waals surface area contributed by atoms with E-state index in [1.807, 2.05) is 30.3 Å². The number of aryl methyl sites for hydroxylation is 1. The molecule has 0 bridgehead atoms. The monoisotopic (exact) mass is 360 g/mol. The van der Waals surface area contributed by atoms with Crippen molar-refractivity contribution < 1.29 is 9.90 Å². The van der Waals surface area contributed by atoms with E-state index in [1.54, 1.807) is 23.5 Å². The van der Waals surface area contributed by atoms with Crippen molar-refractivity contribution in [3.05, 3.63) is 77.9 Å². The first kappa shape index (κ1) is 16.3. The van der Waals surface area contributed by atoms with Crippen LogP contribution in [0.5, 0.6) is 5.75 Å². The van der Waals surface area contributed by atoms with E-state index in [1.165, 1.54) is 22.4 Å². The number of hydrogen-bond acceptors (Lipinski definition) is 4. The second-order valence-electron chi connectivity index (χ2n) is 6.07. The average Bonchev–Trinajstić information content (AvgIpc) is 3.06. The molecule has 128 valence electrons. The maximum Gasteiger partial charge on any atom is 0.255 e. The SMILES string of the molecule is Cc1ccc2nc(-c3ccc(NC(=O)c4ccc(O)cc4)cc3)sc2c1. The lowest BCUT2D eigenvalue weighted by molar-refractivity contribution is 0.102. The molecule has 1 amide bonds. The zero-order chi connectivity index (χ0) is 18.1. The molecule has 4 rings (SSSR count). The fraction of sp³-hybridized carbons (Fsp3) is 0.0476. The topological polar surface area (TPSA) is 62.2 Å². The van der Waals surface area contributed by atoms with Crippen molar-refractivity contribution in [2.24, 2.45) is 0 Å². The number of benzene rings is 3. The Morgan fingerprint density at radius 3 is 2.46 bits per heavy atom. The summed E-state index contributed by atoms with van der Waals surface area (Å²) in [6.07, 6.45) is 0. The Kier molecular flexibility index (Phi) is 4.14. The van der Waals surface area contributed by atoms with Crippen LogP contribution in [0.1, 0.15) is 15.9 Å². The van der Waals surface area contributed by atoms with E-state index in [0.717, 1.165) is 16.1 Å². The summed E-state index contributed by atoms with van der Waals surface area (Å²) in [4.78, 5) is 16.9. The molecular formula is C21H16N2O2S. The van der Waals surface area contributed by atoms with Crippen molar-refractivity contribution in [2.75, 3.05) is 5.32 Å². The van der Waals surface area contributed by atoms with E-state index in [-0.39, 0.29) is 11.7 Å². The van der Waals surface area contributed by atoms with Crippen LogP contribution in [0.3, 0.4) is 0 Å². The molecule has 0 spiro atoms. The quantitative estimate of drug-likeness (QED) is 0.526. The third-order valence-electron chi connectivity index (χ3n) is 4.06. The number of anilines is 1. The number of nitrogens with one attached hydrogen (secondary N) is 1. The molecule has 0 atom stereocenters. The normalized spacial score (nSPS) is 10.8. The minimum atomic E-state index is -0.215. The van der Waals surface area contributed by atoms with E-state index in [0.29, 0.717) is 11.3 Å². The number of amides is 1. The number of rotatable bonds is 3. The molecule has 2 N–H and O–H groups in total. The van der Waals surface area contributed by atoms with Gasteiger partial charge >= 0.3 is 0 Å². The van der Waals surface area contributed by atoms with Gasteiger partial charge in [0.15, 0.2) is 0 Å². The highest BCUT2D eigenvalue weighted by atomic mass is 32.1. The largest absolute Gasteiger partial charge is 0.508 e. The van der Waals surface area contributed by atoms with Gasteiger partial charge in [0.25, 0.3) is 5.91 Å². The number of aromatic hydroxyl groups is 1. The lowest BCUT2D eigenvalue weighted by Crippen LogP contribution is -2.11. The van der Waals surface area contributed by atoms with Crippen LogP contribution in [0.4, 0.5) is 5.69 Å². The summed E-state index contributed by atoms with van der Waals surface area (Å²) in [5.74, 6) is -0.0786. The maximum absolute atomic E-state index is 12.2. The minimum absolute atomic E-state index is 0.136. The van der Waals surface area contributed by atoms with E-state index in [2.05, 4.69) is 29.4 Å². The van der Waals surface area contributed by atoms with Gasteiger partial charge in [-0.15, -0.1) is 11.3 Å². The van der Waals surface area contributed by atoms with Crippen LogP contribution in [0.25, 0.3) is 20.8 Å². The third-order valence-corrected chi connectivity index (χ3v) is 5.13. The van der Waals surface area contributed by atoms with Crippen LogP contribution in [0, 0.1) is 6.92 Å². The number of hydrogen-bond donors (Lipinski definition) is 2. The van der Waals surface area contributed by atoms with Crippen molar-refractivity contribution in [3.63, 3.8) is 0 Å². The number of phenols is 1. The predicted octanol–water partition coefficient (Wildman–Crippen LogP) is 5.23. The summed E-state index contributed by atoms with van der Waals surface area (Å²) in [6, 6.07) is 20.0. The molecule has 26 heavy (non-hydrogen) atoms. The number of carbonyl (C=O) groups is 1. The first-order valence-electron chi connectivity index (χ1n) is 8.16. The number of nitrogens with zero attached hydrogens (tertiary/aromatic N) is 1. The van der Waals surface area contributed by atoms with Crippen molar-refractivity contribution in [1.82, 2.24) is 4.98 Å². The molecule has 3 aromatic carbocycles. The number of phenolic OH excluding ortho intramolecular Hbond substituents is 1. The Bertz CT molecular complexity index is 1080. The molecule has 0 fully saturated rings. The number of fused-ring (bicyclic) bond motifs is 1. The lowest BCUT2D eigenvalue weighted by Gasteiger charge is -2.06. The van der Waals surface area contributed by atoms with Crippen LogP contribution in [-0.4, -0.2) is 16.0 Å². The maximum atomic E-state index is 12.2. The van der Waals surface area contributed by atoms with Gasteiger partial charge in [0.1, 0.15) is 10.8 Å². The minimum Gasteiger partial charge on any atom is -0.508 e. The lowest BCUT2D eigenvalue weighted by atomic mass is 10.2. The van der Waals surface area contributed by atoms with Gasteiger partial charge in [0.2, 0.25) is 0 Å². The van der Waals surface area contributed by atoms with E-state index in [9.17, 15) is 9.90 Å². The van der Waals surface area contributed by atoms with Gasteiger partial charge < -0.3 is 10.4 Å². The second kappa shape index (κ2) is 6.61. The Hall–Kier alpha value is -3.18. The highest BCUT2D eigenvalue weighted by Crippen LogP contribution is 2.31. The van der Waals surface area contributed by atoms with Crippen molar-refractivity contribution in [3.8, 4) is 16.3 Å². The average molecular weight is 360 g/mol. The second-order valence-corrected chi connectivity index (χ2v) is 7.10. The number of carbonyl (C=O) groups excluding carboxylic acids is 1. The summed E-state index contributed by atoms with van der Waals surface area (Å²) in [5, 5.41) is 13.1. The zero-order valence-electron chi connectivity index (χ0n) is 14.1. The summed E-state index contributed by atoms with van der Waals surface area (Å²) in [5.41, 5.74) is 4.45. The van der Waals surface area contributed by atoms with Gasteiger partial charge in [0.05, 0.1) is 10.2 Å². The summed E-state index contributed by atoms with van der Waals surface area (Å²) in [6.45, 7) is 2.07. The van der Waals surface area contributed by atoms with Crippen LogP contribution < -0.4 is 5.32 Å².